The first kappa shape index (κ1) is 17.2. The summed E-state index contributed by atoms with van der Waals surface area (Å²) in [4.78, 5) is 23.3. The van der Waals surface area contributed by atoms with Gasteiger partial charge in [0.15, 0.2) is 0 Å². The van der Waals surface area contributed by atoms with Gasteiger partial charge in [-0.3, -0.25) is 0 Å². The summed E-state index contributed by atoms with van der Waals surface area (Å²) < 4.78 is 32.3. The van der Waals surface area contributed by atoms with Crippen LogP contribution >= 0.6 is 0 Å². The molecule has 0 saturated heterocycles. The van der Waals surface area contributed by atoms with Crippen LogP contribution in [-0.2, 0) is 16.0 Å². The highest BCUT2D eigenvalue weighted by atomic mass is 19.1. The van der Waals surface area contributed by atoms with Crippen molar-refractivity contribution in [3.05, 3.63) is 34.9 Å². The maximum Gasteiger partial charge on any atom is 0.408 e. The SMILES string of the molecule is CC(C)(C)OC(=O)NC(C(=O)O)[C@H]1CCc2c(F)cc(F)cc21. The predicted molar refractivity (Wildman–Crippen MR) is 78.2 cm³/mol. The molecule has 0 spiro atoms. The minimum absolute atomic E-state index is 0.283. The Hall–Kier alpha value is -2.18. The van der Waals surface area contributed by atoms with Gasteiger partial charge in [-0.25, -0.2) is 18.4 Å². The summed E-state index contributed by atoms with van der Waals surface area (Å²) in [5.74, 6) is -3.45. The van der Waals surface area contributed by atoms with Crippen molar-refractivity contribution in [3.8, 4) is 0 Å². The lowest BCUT2D eigenvalue weighted by atomic mass is 9.93. The average molecular weight is 327 g/mol. The van der Waals surface area contributed by atoms with Crippen LogP contribution in [0.3, 0.4) is 0 Å². The number of carboxylic acids is 1. The molecule has 1 aliphatic rings. The Morgan fingerprint density at radius 2 is 2.00 bits per heavy atom. The van der Waals surface area contributed by atoms with Gasteiger partial charge in [0.25, 0.3) is 0 Å². The molecule has 23 heavy (non-hydrogen) atoms. The second kappa shape index (κ2) is 6.14. The number of ether oxygens (including phenoxy) is 1. The number of carbonyl (C=O) groups is 2. The molecule has 2 N–H and O–H groups in total. The van der Waals surface area contributed by atoms with Gasteiger partial charge in [0, 0.05) is 12.0 Å². The first-order chi connectivity index (χ1) is 10.6. The fraction of sp³-hybridized carbons (Fsp3) is 0.500. The third-order valence-electron chi connectivity index (χ3n) is 3.64. The smallest absolute Gasteiger partial charge is 0.408 e. The molecule has 0 bridgehead atoms. The number of nitrogens with one attached hydrogen (secondary N) is 1. The van der Waals surface area contributed by atoms with Gasteiger partial charge in [0.1, 0.15) is 23.3 Å². The van der Waals surface area contributed by atoms with Crippen LogP contribution in [0.15, 0.2) is 12.1 Å². The van der Waals surface area contributed by atoms with Crippen LogP contribution in [0, 0.1) is 11.6 Å². The summed E-state index contributed by atoms with van der Waals surface area (Å²) >= 11 is 0. The van der Waals surface area contributed by atoms with Crippen LogP contribution < -0.4 is 5.32 Å². The molecule has 1 aromatic rings. The molecule has 2 atom stereocenters. The predicted octanol–water partition coefficient (Wildman–Crippen LogP) is 2.97. The number of hydrogen-bond donors (Lipinski definition) is 2. The molecule has 1 aromatic carbocycles. The van der Waals surface area contributed by atoms with Crippen molar-refractivity contribution in [2.24, 2.45) is 0 Å². The van der Waals surface area contributed by atoms with Crippen LogP contribution in [0.25, 0.3) is 0 Å². The summed E-state index contributed by atoms with van der Waals surface area (Å²) in [7, 11) is 0. The Kier molecular flexibility index (Phi) is 4.58. The first-order valence-corrected chi connectivity index (χ1v) is 7.28. The lowest BCUT2D eigenvalue weighted by Gasteiger charge is -2.25. The van der Waals surface area contributed by atoms with Crippen molar-refractivity contribution < 1.29 is 28.2 Å². The molecule has 1 amide bonds. The Balaban J connectivity index is 2.25. The molecule has 2 rings (SSSR count). The molecule has 0 saturated carbocycles. The minimum atomic E-state index is -1.31. The van der Waals surface area contributed by atoms with E-state index in [0.717, 1.165) is 12.1 Å². The number of carboxylic acid groups (broad SMARTS) is 1. The molecule has 0 aromatic heterocycles. The van der Waals surface area contributed by atoms with Gasteiger partial charge in [-0.1, -0.05) is 0 Å². The van der Waals surface area contributed by atoms with Gasteiger partial charge < -0.3 is 15.2 Å². The second-order valence-corrected chi connectivity index (χ2v) is 6.56. The highest BCUT2D eigenvalue weighted by Crippen LogP contribution is 2.37. The Morgan fingerprint density at radius 3 is 2.57 bits per heavy atom. The number of benzene rings is 1. The van der Waals surface area contributed by atoms with E-state index in [-0.39, 0.29) is 5.56 Å². The molecule has 1 unspecified atom stereocenters. The zero-order chi connectivity index (χ0) is 17.4. The standard InChI is InChI=1S/C16H19F2NO4/c1-16(2,3)23-15(22)19-13(14(20)21)10-5-4-9-11(10)6-8(17)7-12(9)18/h6-7,10,13H,4-5H2,1-3H3,(H,19,22)(H,20,21)/t10-,13?/m0/s1. The fourth-order valence-corrected chi connectivity index (χ4v) is 2.79. The van der Waals surface area contributed by atoms with E-state index in [4.69, 9.17) is 4.74 Å². The average Bonchev–Trinajstić information content (AvgIpc) is 2.77. The van der Waals surface area contributed by atoms with E-state index < -0.39 is 41.3 Å². The number of rotatable bonds is 3. The number of fused-ring (bicyclic) bond motifs is 1. The summed E-state index contributed by atoms with van der Waals surface area (Å²) in [5, 5.41) is 11.7. The normalized spacial score (nSPS) is 18.2. The van der Waals surface area contributed by atoms with E-state index in [9.17, 15) is 23.5 Å². The fourth-order valence-electron chi connectivity index (χ4n) is 2.79. The third-order valence-corrected chi connectivity index (χ3v) is 3.64. The summed E-state index contributed by atoms with van der Waals surface area (Å²) in [6, 6.07) is 0.591. The Bertz CT molecular complexity index is 640. The molecule has 7 heteroatoms. The molecule has 0 heterocycles. The molecule has 0 aliphatic heterocycles. The van der Waals surface area contributed by atoms with Crippen molar-refractivity contribution in [1.82, 2.24) is 5.32 Å². The second-order valence-electron chi connectivity index (χ2n) is 6.56. The van der Waals surface area contributed by atoms with E-state index in [1.54, 1.807) is 20.8 Å². The van der Waals surface area contributed by atoms with Crippen molar-refractivity contribution in [2.75, 3.05) is 0 Å². The molecule has 0 radical (unpaired) electrons. The summed E-state index contributed by atoms with van der Waals surface area (Å²) in [6.07, 6.45) is -0.274. The zero-order valence-electron chi connectivity index (χ0n) is 13.2. The van der Waals surface area contributed by atoms with Crippen molar-refractivity contribution in [3.63, 3.8) is 0 Å². The minimum Gasteiger partial charge on any atom is -0.480 e. The van der Waals surface area contributed by atoms with E-state index >= 15 is 0 Å². The number of alkyl carbamates (subject to hydrolysis) is 1. The van der Waals surface area contributed by atoms with Gasteiger partial charge in [0.2, 0.25) is 0 Å². The summed E-state index contributed by atoms with van der Waals surface area (Å²) in [6.45, 7) is 4.95. The maximum absolute atomic E-state index is 13.8. The van der Waals surface area contributed by atoms with Crippen molar-refractivity contribution in [1.29, 1.82) is 0 Å². The zero-order valence-corrected chi connectivity index (χ0v) is 13.2. The van der Waals surface area contributed by atoms with Gasteiger partial charge >= 0.3 is 12.1 Å². The monoisotopic (exact) mass is 327 g/mol. The molecule has 5 nitrogen and oxygen atoms in total. The molecule has 1 aliphatic carbocycles. The van der Waals surface area contributed by atoms with Gasteiger partial charge in [-0.2, -0.15) is 0 Å². The van der Waals surface area contributed by atoms with Gasteiger partial charge in [-0.15, -0.1) is 0 Å². The highest BCUT2D eigenvalue weighted by Gasteiger charge is 2.37. The number of carbonyl (C=O) groups excluding carboxylic acids is 1. The number of amides is 1. The van der Waals surface area contributed by atoms with Crippen molar-refractivity contribution in [2.45, 2.75) is 51.2 Å². The van der Waals surface area contributed by atoms with Gasteiger partial charge in [-0.05, 0) is 50.8 Å². The quantitative estimate of drug-likeness (QED) is 0.895. The number of aliphatic carboxylic acids is 1. The lowest BCUT2D eigenvalue weighted by Crippen LogP contribution is -2.46. The number of halogens is 2. The van der Waals surface area contributed by atoms with Crippen LogP contribution in [0.4, 0.5) is 13.6 Å². The van der Waals surface area contributed by atoms with E-state index in [1.807, 2.05) is 0 Å². The third kappa shape index (κ3) is 3.97. The van der Waals surface area contributed by atoms with Crippen LogP contribution in [0.2, 0.25) is 0 Å². The molecule has 126 valence electrons. The molecular formula is C16H19F2NO4. The van der Waals surface area contributed by atoms with Gasteiger partial charge in [0.05, 0.1) is 0 Å². The lowest BCUT2D eigenvalue weighted by molar-refractivity contribution is -0.140. The van der Waals surface area contributed by atoms with Crippen molar-refractivity contribution >= 4 is 12.1 Å². The van der Waals surface area contributed by atoms with E-state index in [1.165, 1.54) is 0 Å². The van der Waals surface area contributed by atoms with Crippen LogP contribution in [0.5, 0.6) is 0 Å². The largest absolute Gasteiger partial charge is 0.480 e. The topological polar surface area (TPSA) is 75.6 Å². The Labute approximate surface area is 132 Å². The highest BCUT2D eigenvalue weighted by molar-refractivity contribution is 5.81. The van der Waals surface area contributed by atoms with Crippen LogP contribution in [0.1, 0.15) is 44.2 Å². The van der Waals surface area contributed by atoms with E-state index in [0.29, 0.717) is 18.4 Å². The van der Waals surface area contributed by atoms with Crippen LogP contribution in [-0.4, -0.2) is 28.8 Å². The van der Waals surface area contributed by atoms with E-state index in [2.05, 4.69) is 5.32 Å². The number of hydrogen-bond acceptors (Lipinski definition) is 3. The molecular weight excluding hydrogens is 308 g/mol. The summed E-state index contributed by atoms with van der Waals surface area (Å²) in [5.41, 5.74) is -0.196. The first-order valence-electron chi connectivity index (χ1n) is 7.28. The maximum atomic E-state index is 13.8. The molecule has 0 fully saturated rings. The Morgan fingerprint density at radius 1 is 1.35 bits per heavy atom.